The molecule has 1 heterocycles. The van der Waals surface area contributed by atoms with Crippen LogP contribution >= 0.6 is 0 Å². The third kappa shape index (κ3) is 3.27. The van der Waals surface area contributed by atoms with Crippen LogP contribution in [-0.2, 0) is 14.3 Å². The van der Waals surface area contributed by atoms with E-state index in [1.54, 1.807) is 7.11 Å². The molecule has 1 N–H and O–H groups in total. The van der Waals surface area contributed by atoms with Crippen molar-refractivity contribution in [1.29, 1.82) is 0 Å². The van der Waals surface area contributed by atoms with Crippen LogP contribution in [0.25, 0.3) is 0 Å². The molecule has 82 valence electrons. The maximum atomic E-state index is 11.6. The predicted octanol–water partition coefficient (Wildman–Crippen LogP) is 0.705. The number of carbonyl (C=O) groups is 1. The van der Waals surface area contributed by atoms with E-state index in [0.717, 1.165) is 6.54 Å². The first-order valence-corrected chi connectivity index (χ1v) is 4.91. The van der Waals surface area contributed by atoms with E-state index in [4.69, 9.17) is 9.47 Å². The normalized spacial score (nSPS) is 27.7. The highest BCUT2D eigenvalue weighted by Crippen LogP contribution is 2.15. The number of esters is 1. The van der Waals surface area contributed by atoms with Crippen LogP contribution in [0.5, 0.6) is 0 Å². The topological polar surface area (TPSA) is 47.6 Å². The monoisotopic (exact) mass is 201 g/mol. The van der Waals surface area contributed by atoms with E-state index in [0.29, 0.717) is 6.42 Å². The summed E-state index contributed by atoms with van der Waals surface area (Å²) in [7, 11) is 1.66. The largest absolute Gasteiger partial charge is 0.459 e. The van der Waals surface area contributed by atoms with Gasteiger partial charge in [-0.15, -0.1) is 0 Å². The molecular weight excluding hydrogens is 182 g/mol. The van der Waals surface area contributed by atoms with Gasteiger partial charge in [-0.05, 0) is 20.8 Å². The first-order valence-electron chi connectivity index (χ1n) is 4.91. The Hall–Kier alpha value is -0.610. The average Bonchev–Trinajstić information content (AvgIpc) is 2.48. The molecule has 0 aliphatic carbocycles. The van der Waals surface area contributed by atoms with Gasteiger partial charge in [-0.3, -0.25) is 4.79 Å². The second kappa shape index (κ2) is 4.28. The number of carbonyl (C=O) groups excluding carboxylic acids is 1. The number of methoxy groups -OCH3 is 1. The summed E-state index contributed by atoms with van der Waals surface area (Å²) in [5, 5.41) is 3.08. The molecule has 0 unspecified atom stereocenters. The van der Waals surface area contributed by atoms with E-state index in [-0.39, 0.29) is 18.1 Å². The van der Waals surface area contributed by atoms with Crippen LogP contribution in [0.4, 0.5) is 0 Å². The maximum Gasteiger partial charge on any atom is 0.323 e. The van der Waals surface area contributed by atoms with Crippen molar-refractivity contribution in [3.05, 3.63) is 0 Å². The fraction of sp³-hybridized carbons (Fsp3) is 0.900. The zero-order valence-electron chi connectivity index (χ0n) is 9.29. The summed E-state index contributed by atoms with van der Waals surface area (Å²) < 4.78 is 10.4. The minimum absolute atomic E-state index is 0.132. The van der Waals surface area contributed by atoms with Gasteiger partial charge in [0.2, 0.25) is 0 Å². The van der Waals surface area contributed by atoms with Gasteiger partial charge in [0, 0.05) is 20.1 Å². The molecule has 0 bridgehead atoms. The van der Waals surface area contributed by atoms with Crippen molar-refractivity contribution in [3.63, 3.8) is 0 Å². The highest BCUT2D eigenvalue weighted by molar-refractivity contribution is 5.76. The second-order valence-corrected chi connectivity index (χ2v) is 4.59. The zero-order valence-corrected chi connectivity index (χ0v) is 9.29. The SMILES string of the molecule is CO[C@H]1CN[C@H](C(=O)OC(C)(C)C)C1. The van der Waals surface area contributed by atoms with Crippen molar-refractivity contribution < 1.29 is 14.3 Å². The van der Waals surface area contributed by atoms with Gasteiger partial charge in [0.15, 0.2) is 0 Å². The van der Waals surface area contributed by atoms with Crippen LogP contribution in [0.1, 0.15) is 27.2 Å². The molecule has 0 amide bonds. The third-order valence-corrected chi connectivity index (χ3v) is 2.12. The van der Waals surface area contributed by atoms with E-state index in [1.807, 2.05) is 20.8 Å². The van der Waals surface area contributed by atoms with Crippen molar-refractivity contribution in [3.8, 4) is 0 Å². The van der Waals surface area contributed by atoms with Crippen LogP contribution in [0.15, 0.2) is 0 Å². The molecule has 1 fully saturated rings. The van der Waals surface area contributed by atoms with Crippen molar-refractivity contribution in [1.82, 2.24) is 5.32 Å². The number of nitrogens with one attached hydrogen (secondary N) is 1. The molecular formula is C10H19NO3. The van der Waals surface area contributed by atoms with Crippen molar-refractivity contribution in [2.45, 2.75) is 44.9 Å². The number of rotatable bonds is 2. The van der Waals surface area contributed by atoms with Gasteiger partial charge >= 0.3 is 5.97 Å². The number of hydrogen-bond donors (Lipinski definition) is 1. The molecule has 1 rings (SSSR count). The first kappa shape index (κ1) is 11.5. The molecule has 1 aliphatic rings. The number of hydrogen-bond acceptors (Lipinski definition) is 4. The Morgan fingerprint density at radius 1 is 1.43 bits per heavy atom. The Labute approximate surface area is 85.0 Å². The van der Waals surface area contributed by atoms with Crippen molar-refractivity contribution in [2.75, 3.05) is 13.7 Å². The van der Waals surface area contributed by atoms with Gasteiger partial charge in [0.1, 0.15) is 11.6 Å². The standard InChI is InChI=1S/C10H19NO3/c1-10(2,3)14-9(12)8-5-7(13-4)6-11-8/h7-8,11H,5-6H2,1-4H3/t7-,8+/m1/s1. The van der Waals surface area contributed by atoms with E-state index < -0.39 is 5.60 Å². The lowest BCUT2D eigenvalue weighted by atomic mass is 10.1. The van der Waals surface area contributed by atoms with Gasteiger partial charge in [-0.1, -0.05) is 0 Å². The molecule has 1 saturated heterocycles. The molecule has 2 atom stereocenters. The van der Waals surface area contributed by atoms with Crippen LogP contribution in [-0.4, -0.2) is 37.4 Å². The Balaban J connectivity index is 2.40. The van der Waals surface area contributed by atoms with Crippen LogP contribution < -0.4 is 5.32 Å². The van der Waals surface area contributed by atoms with Crippen LogP contribution in [0, 0.1) is 0 Å². The summed E-state index contributed by atoms with van der Waals surface area (Å²) in [6.45, 7) is 6.33. The lowest BCUT2D eigenvalue weighted by molar-refractivity contribution is -0.157. The van der Waals surface area contributed by atoms with Crippen LogP contribution in [0.3, 0.4) is 0 Å². The van der Waals surface area contributed by atoms with Gasteiger partial charge < -0.3 is 14.8 Å². The highest BCUT2D eigenvalue weighted by Gasteiger charge is 2.32. The molecule has 14 heavy (non-hydrogen) atoms. The fourth-order valence-corrected chi connectivity index (χ4v) is 1.44. The molecule has 1 aliphatic heterocycles. The molecule has 0 aromatic rings. The first-order chi connectivity index (χ1) is 6.42. The molecule has 4 nitrogen and oxygen atoms in total. The maximum absolute atomic E-state index is 11.6. The smallest absolute Gasteiger partial charge is 0.323 e. The van der Waals surface area contributed by atoms with Gasteiger partial charge in [0.25, 0.3) is 0 Å². The summed E-state index contributed by atoms with van der Waals surface area (Å²) in [6, 6.07) is -0.209. The summed E-state index contributed by atoms with van der Waals surface area (Å²) in [6.07, 6.45) is 0.832. The fourth-order valence-electron chi connectivity index (χ4n) is 1.44. The van der Waals surface area contributed by atoms with Gasteiger partial charge in [-0.2, -0.15) is 0 Å². The lowest BCUT2D eigenvalue weighted by Crippen LogP contribution is -2.37. The molecule has 0 saturated carbocycles. The molecule has 0 radical (unpaired) electrons. The van der Waals surface area contributed by atoms with E-state index >= 15 is 0 Å². The quantitative estimate of drug-likeness (QED) is 0.668. The summed E-state index contributed by atoms with van der Waals surface area (Å²) in [5.74, 6) is -0.183. The molecule has 4 heteroatoms. The average molecular weight is 201 g/mol. The second-order valence-electron chi connectivity index (χ2n) is 4.59. The zero-order chi connectivity index (χ0) is 10.8. The van der Waals surface area contributed by atoms with Crippen LogP contribution in [0.2, 0.25) is 0 Å². The minimum atomic E-state index is -0.413. The predicted molar refractivity (Wildman–Crippen MR) is 53.0 cm³/mol. The third-order valence-electron chi connectivity index (χ3n) is 2.12. The van der Waals surface area contributed by atoms with Gasteiger partial charge in [-0.25, -0.2) is 0 Å². The Bertz CT molecular complexity index is 210. The van der Waals surface area contributed by atoms with Crippen molar-refractivity contribution in [2.24, 2.45) is 0 Å². The van der Waals surface area contributed by atoms with Gasteiger partial charge in [0.05, 0.1) is 6.10 Å². The van der Waals surface area contributed by atoms with E-state index in [1.165, 1.54) is 0 Å². The summed E-state index contributed by atoms with van der Waals surface area (Å²) in [4.78, 5) is 11.6. The van der Waals surface area contributed by atoms with Crippen molar-refractivity contribution >= 4 is 5.97 Å². The van der Waals surface area contributed by atoms with E-state index in [2.05, 4.69) is 5.32 Å². The highest BCUT2D eigenvalue weighted by atomic mass is 16.6. The Kier molecular flexibility index (Phi) is 3.50. The Morgan fingerprint density at radius 3 is 2.50 bits per heavy atom. The lowest BCUT2D eigenvalue weighted by Gasteiger charge is -2.21. The summed E-state index contributed by atoms with van der Waals surface area (Å²) >= 11 is 0. The molecule has 0 aromatic heterocycles. The number of ether oxygens (including phenoxy) is 2. The Morgan fingerprint density at radius 2 is 2.07 bits per heavy atom. The molecule has 0 aromatic carbocycles. The minimum Gasteiger partial charge on any atom is -0.459 e. The van der Waals surface area contributed by atoms with E-state index in [9.17, 15) is 4.79 Å². The summed E-state index contributed by atoms with van der Waals surface area (Å²) in [5.41, 5.74) is -0.413. The molecule has 0 spiro atoms.